The van der Waals surface area contributed by atoms with Crippen molar-refractivity contribution in [3.8, 4) is 5.69 Å². The van der Waals surface area contributed by atoms with E-state index in [4.69, 9.17) is 12.2 Å². The van der Waals surface area contributed by atoms with Crippen molar-refractivity contribution in [2.75, 3.05) is 11.1 Å². The maximum absolute atomic E-state index is 13.1. The number of nitrogens with one attached hydrogen (secondary N) is 1. The number of halogens is 1. The predicted octanol–water partition coefficient (Wildman–Crippen LogP) is 5.69. The number of nitrogens with zero attached hydrogens (tertiary/aromatic N) is 2. The summed E-state index contributed by atoms with van der Waals surface area (Å²) in [4.78, 5) is 12.4. The molecule has 0 bridgehead atoms. The van der Waals surface area contributed by atoms with Gasteiger partial charge in [0.1, 0.15) is 5.82 Å². The fraction of sp³-hybridized carbons (Fsp3) is 0.0500. The summed E-state index contributed by atoms with van der Waals surface area (Å²) in [7, 11) is 0. The standard InChI is InChI=1S/C20H14FN3OS3/c21-14-8-10-15(11-9-14)24-20(26)28-19(23-24)27-12-18(25)22-17-7-3-5-13-4-1-2-6-16(13)17/h1-11H,12H2,(H,22,25). The maximum atomic E-state index is 13.1. The van der Waals surface area contributed by atoms with Gasteiger partial charge in [-0.15, -0.1) is 5.10 Å². The van der Waals surface area contributed by atoms with Crippen LogP contribution in [0.15, 0.2) is 71.1 Å². The van der Waals surface area contributed by atoms with Crippen LogP contribution in [0.5, 0.6) is 0 Å². The SMILES string of the molecule is O=C(CSc1nn(-c2ccc(F)cc2)c(=S)s1)Nc1cccc2ccccc12. The van der Waals surface area contributed by atoms with Gasteiger partial charge in [0.25, 0.3) is 0 Å². The predicted molar refractivity (Wildman–Crippen MR) is 116 cm³/mol. The Labute approximate surface area is 174 Å². The van der Waals surface area contributed by atoms with E-state index in [1.54, 1.807) is 16.8 Å². The van der Waals surface area contributed by atoms with Crippen LogP contribution in [0.2, 0.25) is 0 Å². The maximum Gasteiger partial charge on any atom is 0.234 e. The zero-order valence-electron chi connectivity index (χ0n) is 14.5. The fourth-order valence-electron chi connectivity index (χ4n) is 2.71. The van der Waals surface area contributed by atoms with Gasteiger partial charge >= 0.3 is 0 Å². The van der Waals surface area contributed by atoms with Crippen LogP contribution in [0.25, 0.3) is 16.5 Å². The van der Waals surface area contributed by atoms with Crippen LogP contribution in [0.1, 0.15) is 0 Å². The highest BCUT2D eigenvalue weighted by molar-refractivity contribution is 8.01. The molecular weight excluding hydrogens is 413 g/mol. The molecular formula is C20H14FN3OS3. The quantitative estimate of drug-likeness (QED) is 0.328. The first kappa shape index (κ1) is 18.8. The first-order valence-electron chi connectivity index (χ1n) is 8.37. The number of rotatable bonds is 5. The highest BCUT2D eigenvalue weighted by Crippen LogP contribution is 2.26. The number of hydrogen-bond donors (Lipinski definition) is 1. The second kappa shape index (κ2) is 8.22. The molecule has 0 spiro atoms. The molecule has 0 radical (unpaired) electrons. The molecule has 0 aliphatic carbocycles. The van der Waals surface area contributed by atoms with Crippen LogP contribution < -0.4 is 5.32 Å². The van der Waals surface area contributed by atoms with Crippen molar-refractivity contribution in [1.29, 1.82) is 0 Å². The number of thioether (sulfide) groups is 1. The molecule has 0 atom stereocenters. The van der Waals surface area contributed by atoms with Crippen LogP contribution in [0.4, 0.5) is 10.1 Å². The highest BCUT2D eigenvalue weighted by Gasteiger charge is 2.11. The first-order valence-corrected chi connectivity index (χ1v) is 10.6. The number of carbonyl (C=O) groups is 1. The molecule has 1 heterocycles. The minimum Gasteiger partial charge on any atom is -0.325 e. The van der Waals surface area contributed by atoms with E-state index in [1.807, 2.05) is 42.5 Å². The first-order chi connectivity index (χ1) is 13.6. The Morgan fingerprint density at radius 2 is 1.86 bits per heavy atom. The van der Waals surface area contributed by atoms with Crippen molar-refractivity contribution >= 4 is 57.7 Å². The summed E-state index contributed by atoms with van der Waals surface area (Å²) in [5.41, 5.74) is 1.47. The normalized spacial score (nSPS) is 10.9. The van der Waals surface area contributed by atoms with Gasteiger partial charge in [0.2, 0.25) is 5.91 Å². The minimum absolute atomic E-state index is 0.115. The summed E-state index contributed by atoms with van der Waals surface area (Å²) >= 11 is 7.98. The number of anilines is 1. The van der Waals surface area contributed by atoms with Gasteiger partial charge in [0, 0.05) is 11.1 Å². The molecule has 1 aromatic heterocycles. The lowest BCUT2D eigenvalue weighted by molar-refractivity contribution is -0.113. The average Bonchev–Trinajstić information content (AvgIpc) is 3.08. The molecule has 4 aromatic rings. The third-order valence-electron chi connectivity index (χ3n) is 3.99. The zero-order valence-corrected chi connectivity index (χ0v) is 16.9. The number of carbonyl (C=O) groups excluding carboxylic acids is 1. The molecule has 0 unspecified atom stereocenters. The summed E-state index contributed by atoms with van der Waals surface area (Å²) in [5, 5.41) is 9.46. The molecule has 4 rings (SSSR count). The van der Waals surface area contributed by atoms with Crippen molar-refractivity contribution in [3.05, 3.63) is 76.5 Å². The number of aromatic nitrogens is 2. The molecule has 8 heteroatoms. The Hall–Kier alpha value is -2.55. The van der Waals surface area contributed by atoms with Gasteiger partial charge in [0.05, 0.1) is 11.4 Å². The lowest BCUT2D eigenvalue weighted by atomic mass is 10.1. The number of benzene rings is 3. The molecule has 28 heavy (non-hydrogen) atoms. The molecule has 1 amide bonds. The van der Waals surface area contributed by atoms with Gasteiger partial charge in [-0.1, -0.05) is 59.5 Å². The zero-order chi connectivity index (χ0) is 19.5. The van der Waals surface area contributed by atoms with Crippen LogP contribution in [-0.4, -0.2) is 21.4 Å². The Morgan fingerprint density at radius 1 is 1.11 bits per heavy atom. The third-order valence-corrected chi connectivity index (χ3v) is 6.36. The van der Waals surface area contributed by atoms with Gasteiger partial charge in [0.15, 0.2) is 8.29 Å². The van der Waals surface area contributed by atoms with Crippen molar-refractivity contribution < 1.29 is 9.18 Å². The van der Waals surface area contributed by atoms with Crippen molar-refractivity contribution in [3.63, 3.8) is 0 Å². The fourth-order valence-corrected chi connectivity index (χ4v) is 4.87. The Morgan fingerprint density at radius 3 is 2.68 bits per heavy atom. The van der Waals surface area contributed by atoms with E-state index < -0.39 is 0 Å². The Balaban J connectivity index is 1.44. The second-order valence-corrected chi connectivity index (χ2v) is 8.73. The number of fused-ring (bicyclic) bond motifs is 1. The van der Waals surface area contributed by atoms with Crippen molar-refractivity contribution in [2.45, 2.75) is 4.34 Å². The third kappa shape index (κ3) is 4.14. The van der Waals surface area contributed by atoms with Crippen LogP contribution >= 0.6 is 35.3 Å². The van der Waals surface area contributed by atoms with Crippen molar-refractivity contribution in [2.24, 2.45) is 0 Å². The molecule has 140 valence electrons. The molecule has 0 aliphatic rings. The average molecular weight is 428 g/mol. The summed E-state index contributed by atoms with van der Waals surface area (Å²) < 4.78 is 15.9. The monoisotopic (exact) mass is 427 g/mol. The van der Waals surface area contributed by atoms with Gasteiger partial charge in [-0.05, 0) is 47.9 Å². The van der Waals surface area contributed by atoms with Gasteiger partial charge in [-0.25, -0.2) is 9.07 Å². The summed E-state index contributed by atoms with van der Waals surface area (Å²) in [5.74, 6) is -0.212. The van der Waals surface area contributed by atoms with Crippen molar-refractivity contribution in [1.82, 2.24) is 9.78 Å². The number of amides is 1. The topological polar surface area (TPSA) is 46.9 Å². The van der Waals surface area contributed by atoms with Crippen LogP contribution in [0, 0.1) is 9.77 Å². The largest absolute Gasteiger partial charge is 0.325 e. The summed E-state index contributed by atoms with van der Waals surface area (Å²) in [6.45, 7) is 0. The van der Waals surface area contributed by atoms with E-state index >= 15 is 0 Å². The smallest absolute Gasteiger partial charge is 0.234 e. The van der Waals surface area contributed by atoms with Crippen LogP contribution in [0.3, 0.4) is 0 Å². The minimum atomic E-state index is -0.315. The molecule has 0 fully saturated rings. The van der Waals surface area contributed by atoms with E-state index in [0.717, 1.165) is 16.5 Å². The molecule has 0 aliphatic heterocycles. The van der Waals surface area contributed by atoms with E-state index in [9.17, 15) is 9.18 Å². The van der Waals surface area contributed by atoms with Gasteiger partial charge in [-0.2, -0.15) is 0 Å². The van der Waals surface area contributed by atoms with Gasteiger partial charge in [-0.3, -0.25) is 4.79 Å². The summed E-state index contributed by atoms with van der Waals surface area (Å²) in [6.07, 6.45) is 0. The van der Waals surface area contributed by atoms with E-state index in [2.05, 4.69) is 10.4 Å². The lowest BCUT2D eigenvalue weighted by Gasteiger charge is -2.08. The molecule has 1 N–H and O–H groups in total. The van der Waals surface area contributed by atoms with Crippen LogP contribution in [-0.2, 0) is 4.79 Å². The molecule has 3 aromatic carbocycles. The molecule has 4 nitrogen and oxygen atoms in total. The lowest BCUT2D eigenvalue weighted by Crippen LogP contribution is -2.14. The van der Waals surface area contributed by atoms with E-state index in [0.29, 0.717) is 14.0 Å². The summed E-state index contributed by atoms with van der Waals surface area (Å²) in [6, 6.07) is 19.7. The highest BCUT2D eigenvalue weighted by atomic mass is 32.2. The second-order valence-electron chi connectivity index (χ2n) is 5.89. The van der Waals surface area contributed by atoms with E-state index in [1.165, 1.54) is 35.2 Å². The Kier molecular flexibility index (Phi) is 5.52. The Bertz CT molecular complexity index is 1200. The molecule has 0 saturated heterocycles. The molecule has 0 saturated carbocycles. The number of hydrogen-bond acceptors (Lipinski definition) is 5. The van der Waals surface area contributed by atoms with Gasteiger partial charge < -0.3 is 5.32 Å². The van der Waals surface area contributed by atoms with E-state index in [-0.39, 0.29) is 17.5 Å².